The first-order valence-corrected chi connectivity index (χ1v) is 6.51. The van der Waals surface area contributed by atoms with Crippen LogP contribution in [0.1, 0.15) is 24.5 Å². The van der Waals surface area contributed by atoms with E-state index >= 15 is 0 Å². The number of hydrogen-bond donors (Lipinski definition) is 2. The van der Waals surface area contributed by atoms with Gasteiger partial charge >= 0.3 is 0 Å². The number of ether oxygens (including phenoxy) is 1. The number of hydrogen-bond acceptors (Lipinski definition) is 3. The van der Waals surface area contributed by atoms with E-state index in [0.29, 0.717) is 12.5 Å². The van der Waals surface area contributed by atoms with Crippen molar-refractivity contribution in [3.8, 4) is 5.75 Å². The highest BCUT2D eigenvalue weighted by Crippen LogP contribution is 2.21. The van der Waals surface area contributed by atoms with Gasteiger partial charge in [0.2, 0.25) is 0 Å². The number of nitrogens with one attached hydrogen (secondary N) is 1. The fraction of sp³-hybridized carbons (Fsp3) is 0.333. The van der Waals surface area contributed by atoms with E-state index in [1.807, 2.05) is 18.2 Å². The highest BCUT2D eigenvalue weighted by molar-refractivity contribution is 7.80. The van der Waals surface area contributed by atoms with Crippen molar-refractivity contribution < 1.29 is 4.74 Å². The van der Waals surface area contributed by atoms with Crippen LogP contribution in [0, 0.1) is 0 Å². The summed E-state index contributed by atoms with van der Waals surface area (Å²) >= 11 is 10.5. The largest absolute Gasteiger partial charge is 0.493 e. The normalized spacial score (nSPS) is 10.6. The molecule has 18 heavy (non-hydrogen) atoms. The van der Waals surface area contributed by atoms with E-state index < -0.39 is 0 Å². The van der Waals surface area contributed by atoms with Gasteiger partial charge in [-0.05, 0) is 42.4 Å². The zero-order valence-electron chi connectivity index (χ0n) is 10.1. The molecule has 0 aromatic heterocycles. The van der Waals surface area contributed by atoms with Gasteiger partial charge < -0.3 is 10.5 Å². The third-order valence-electron chi connectivity index (χ3n) is 2.08. The summed E-state index contributed by atoms with van der Waals surface area (Å²) in [6.45, 7) is 2.74. The van der Waals surface area contributed by atoms with Gasteiger partial charge in [-0.25, -0.2) is 0 Å². The Morgan fingerprint density at radius 3 is 3.00 bits per heavy atom. The van der Waals surface area contributed by atoms with E-state index in [-0.39, 0.29) is 5.11 Å². The standard InChI is InChI=1S/C12H16ClN3OS/c1-2-5-17-11-4-3-9(6-10(11)7-13)8-15-16-12(14)18/h3-4,6,8H,2,5,7H2,1H3,(H3,14,16,18). The van der Waals surface area contributed by atoms with Gasteiger partial charge in [0.15, 0.2) is 5.11 Å². The van der Waals surface area contributed by atoms with Crippen LogP contribution in [-0.2, 0) is 5.88 Å². The number of hydrazone groups is 1. The van der Waals surface area contributed by atoms with Crippen LogP contribution in [0.3, 0.4) is 0 Å². The molecule has 1 aromatic rings. The van der Waals surface area contributed by atoms with Crippen LogP contribution >= 0.6 is 23.8 Å². The van der Waals surface area contributed by atoms with Crippen LogP contribution in [0.2, 0.25) is 0 Å². The lowest BCUT2D eigenvalue weighted by Gasteiger charge is -2.09. The van der Waals surface area contributed by atoms with E-state index in [1.54, 1.807) is 6.21 Å². The van der Waals surface area contributed by atoms with Crippen molar-refractivity contribution in [3.05, 3.63) is 29.3 Å². The molecule has 0 unspecified atom stereocenters. The summed E-state index contributed by atoms with van der Waals surface area (Å²) in [4.78, 5) is 0. The van der Waals surface area contributed by atoms with Crippen molar-refractivity contribution in [2.75, 3.05) is 6.61 Å². The molecule has 98 valence electrons. The van der Waals surface area contributed by atoms with Gasteiger partial charge in [0, 0.05) is 5.56 Å². The SMILES string of the molecule is CCCOc1ccc(C=NNC(N)=S)cc1CCl. The molecule has 3 N–H and O–H groups in total. The molecule has 4 nitrogen and oxygen atoms in total. The van der Waals surface area contributed by atoms with Crippen molar-refractivity contribution in [1.29, 1.82) is 0 Å². The topological polar surface area (TPSA) is 59.6 Å². The van der Waals surface area contributed by atoms with Crippen molar-refractivity contribution in [2.45, 2.75) is 19.2 Å². The Bertz CT molecular complexity index is 437. The number of nitrogens with zero attached hydrogens (tertiary/aromatic N) is 1. The Kier molecular flexibility index (Phi) is 6.46. The maximum atomic E-state index is 5.89. The Morgan fingerprint density at radius 2 is 2.39 bits per heavy atom. The molecule has 0 heterocycles. The predicted molar refractivity (Wildman–Crippen MR) is 79.3 cm³/mol. The summed E-state index contributed by atoms with van der Waals surface area (Å²) in [5.41, 5.74) is 9.59. The summed E-state index contributed by atoms with van der Waals surface area (Å²) in [6.07, 6.45) is 2.58. The first-order valence-electron chi connectivity index (χ1n) is 5.57. The maximum absolute atomic E-state index is 5.89. The van der Waals surface area contributed by atoms with E-state index in [1.165, 1.54) is 0 Å². The highest BCUT2D eigenvalue weighted by Gasteiger charge is 2.03. The lowest BCUT2D eigenvalue weighted by atomic mass is 10.1. The molecule has 0 amide bonds. The van der Waals surface area contributed by atoms with Crippen LogP contribution in [-0.4, -0.2) is 17.9 Å². The van der Waals surface area contributed by atoms with Crippen LogP contribution in [0.4, 0.5) is 0 Å². The number of halogens is 1. The zero-order valence-corrected chi connectivity index (χ0v) is 11.7. The highest BCUT2D eigenvalue weighted by atomic mass is 35.5. The van der Waals surface area contributed by atoms with E-state index in [4.69, 9.17) is 22.1 Å². The van der Waals surface area contributed by atoms with E-state index in [9.17, 15) is 0 Å². The lowest BCUT2D eigenvalue weighted by molar-refractivity contribution is 0.315. The van der Waals surface area contributed by atoms with Crippen molar-refractivity contribution in [3.63, 3.8) is 0 Å². The number of rotatable bonds is 6. The summed E-state index contributed by atoms with van der Waals surface area (Å²) in [6, 6.07) is 5.70. The molecule has 0 saturated heterocycles. The second-order valence-electron chi connectivity index (χ2n) is 3.58. The van der Waals surface area contributed by atoms with Crippen LogP contribution < -0.4 is 15.9 Å². The summed E-state index contributed by atoms with van der Waals surface area (Å²) in [5.74, 6) is 1.20. The van der Waals surface area contributed by atoms with Gasteiger partial charge in [-0.1, -0.05) is 6.92 Å². The number of thiocarbonyl (C=S) groups is 1. The van der Waals surface area contributed by atoms with Gasteiger partial charge in [0.25, 0.3) is 0 Å². The minimum Gasteiger partial charge on any atom is -0.493 e. The summed E-state index contributed by atoms with van der Waals surface area (Å²) < 4.78 is 5.59. The monoisotopic (exact) mass is 285 g/mol. The van der Waals surface area contributed by atoms with Gasteiger partial charge in [0.05, 0.1) is 18.7 Å². The fourth-order valence-corrected chi connectivity index (χ4v) is 1.57. The number of nitrogens with two attached hydrogens (primary N) is 1. The molecule has 0 bridgehead atoms. The quantitative estimate of drug-likeness (QED) is 0.365. The molecule has 0 radical (unpaired) electrons. The summed E-state index contributed by atoms with van der Waals surface area (Å²) in [7, 11) is 0. The molecule has 1 aromatic carbocycles. The van der Waals surface area contributed by atoms with Crippen LogP contribution in [0.5, 0.6) is 5.75 Å². The van der Waals surface area contributed by atoms with Gasteiger partial charge in [-0.15, -0.1) is 11.6 Å². The summed E-state index contributed by atoms with van der Waals surface area (Å²) in [5, 5.41) is 4.01. The van der Waals surface area contributed by atoms with Gasteiger partial charge in [-0.3, -0.25) is 5.43 Å². The van der Waals surface area contributed by atoms with Crippen LogP contribution in [0.15, 0.2) is 23.3 Å². The minimum absolute atomic E-state index is 0.131. The Balaban J connectivity index is 2.77. The zero-order chi connectivity index (χ0) is 13.4. The first kappa shape index (κ1) is 14.7. The molecule has 0 aliphatic heterocycles. The second kappa shape index (κ2) is 7.89. The smallest absolute Gasteiger partial charge is 0.184 e. The van der Waals surface area contributed by atoms with Crippen molar-refractivity contribution >= 4 is 35.1 Å². The number of alkyl halides is 1. The average molecular weight is 286 g/mol. The van der Waals surface area contributed by atoms with E-state index in [2.05, 4.69) is 29.7 Å². The first-order chi connectivity index (χ1) is 8.67. The van der Waals surface area contributed by atoms with Crippen LogP contribution in [0.25, 0.3) is 0 Å². The Hall–Kier alpha value is -1.33. The third-order valence-corrected chi connectivity index (χ3v) is 2.46. The maximum Gasteiger partial charge on any atom is 0.184 e. The molecule has 0 spiro atoms. The molecule has 0 aliphatic carbocycles. The molecule has 0 saturated carbocycles. The number of benzene rings is 1. The molecule has 6 heteroatoms. The molecule has 0 fully saturated rings. The molecule has 0 aliphatic rings. The van der Waals surface area contributed by atoms with Crippen molar-refractivity contribution in [1.82, 2.24) is 5.43 Å². The lowest BCUT2D eigenvalue weighted by Crippen LogP contribution is -2.23. The second-order valence-corrected chi connectivity index (χ2v) is 4.29. The molecular formula is C12H16ClN3OS. The Labute approximate surface area is 117 Å². The fourth-order valence-electron chi connectivity index (χ4n) is 1.31. The van der Waals surface area contributed by atoms with Crippen molar-refractivity contribution in [2.24, 2.45) is 10.8 Å². The molecule has 1 rings (SSSR count). The third kappa shape index (κ3) is 4.89. The Morgan fingerprint density at radius 1 is 1.61 bits per heavy atom. The van der Waals surface area contributed by atoms with Gasteiger partial charge in [-0.2, -0.15) is 5.10 Å². The molecular weight excluding hydrogens is 270 g/mol. The van der Waals surface area contributed by atoms with Gasteiger partial charge in [0.1, 0.15) is 5.75 Å². The minimum atomic E-state index is 0.131. The average Bonchev–Trinajstić information content (AvgIpc) is 2.36. The van der Waals surface area contributed by atoms with E-state index in [0.717, 1.165) is 23.3 Å². The predicted octanol–water partition coefficient (Wildman–Crippen LogP) is 2.38. The molecule has 0 atom stereocenters.